The summed E-state index contributed by atoms with van der Waals surface area (Å²) in [4.78, 5) is 24.0. The van der Waals surface area contributed by atoms with E-state index in [1.54, 1.807) is 7.11 Å². The molecule has 0 aliphatic heterocycles. The van der Waals surface area contributed by atoms with Crippen molar-refractivity contribution in [3.63, 3.8) is 0 Å². The number of anilines is 4. The monoisotopic (exact) mass is 518 g/mol. The van der Waals surface area contributed by atoms with Crippen LogP contribution in [0.15, 0.2) is 54.7 Å². The molecule has 2 unspecified atom stereocenters. The van der Waals surface area contributed by atoms with Gasteiger partial charge in [-0.25, -0.2) is 4.98 Å². The molecule has 9 heteroatoms. The molecule has 1 saturated carbocycles. The lowest BCUT2D eigenvalue weighted by Crippen LogP contribution is -2.42. The van der Waals surface area contributed by atoms with Crippen LogP contribution in [0.3, 0.4) is 0 Å². The van der Waals surface area contributed by atoms with Crippen LogP contribution in [-0.2, 0) is 4.74 Å². The number of hydrogen-bond acceptors (Lipinski definition) is 8. The standard InChI is InChI=1S/C29H38N6O3/c1-20-19-30-29(33-22-10-14-26(15-11-22)38-17-16-37-4)34-27(20)31-23-6-5-7-24(18-23)32-28(36)21-8-12-25(13-9-21)35(2)3/h8-15,19,23-24H,5-7,16-18H2,1-4H3,(H,32,36)(H2,30,31,33,34). The Morgan fingerprint density at radius 1 is 1.03 bits per heavy atom. The molecule has 1 aliphatic rings. The predicted octanol–water partition coefficient (Wildman–Crippen LogP) is 4.77. The van der Waals surface area contributed by atoms with Crippen molar-refractivity contribution in [3.8, 4) is 5.75 Å². The molecule has 1 aromatic heterocycles. The Morgan fingerprint density at radius 3 is 2.47 bits per heavy atom. The Hall–Kier alpha value is -3.85. The minimum Gasteiger partial charge on any atom is -0.491 e. The number of ether oxygens (including phenoxy) is 2. The second-order valence-electron chi connectivity index (χ2n) is 9.84. The van der Waals surface area contributed by atoms with E-state index >= 15 is 0 Å². The number of benzene rings is 2. The number of carbonyl (C=O) groups is 1. The van der Waals surface area contributed by atoms with Crippen LogP contribution in [0.25, 0.3) is 0 Å². The van der Waals surface area contributed by atoms with Crippen LogP contribution in [0.1, 0.15) is 41.6 Å². The van der Waals surface area contributed by atoms with Crippen LogP contribution < -0.4 is 25.6 Å². The molecule has 1 fully saturated rings. The number of nitrogens with zero attached hydrogens (tertiary/aromatic N) is 3. The number of aryl methyl sites for hydroxylation is 1. The molecule has 1 amide bonds. The molecule has 1 heterocycles. The van der Waals surface area contributed by atoms with Gasteiger partial charge in [0.1, 0.15) is 18.2 Å². The second-order valence-corrected chi connectivity index (χ2v) is 9.84. The quantitative estimate of drug-likeness (QED) is 0.312. The van der Waals surface area contributed by atoms with E-state index < -0.39 is 0 Å². The van der Waals surface area contributed by atoms with Gasteiger partial charge in [0.2, 0.25) is 5.95 Å². The molecule has 9 nitrogen and oxygen atoms in total. The first-order chi connectivity index (χ1) is 18.4. The number of hydrogen-bond donors (Lipinski definition) is 3. The lowest BCUT2D eigenvalue weighted by atomic mass is 9.90. The van der Waals surface area contributed by atoms with Gasteiger partial charge in [-0.15, -0.1) is 0 Å². The summed E-state index contributed by atoms with van der Waals surface area (Å²) in [6, 6.07) is 15.7. The maximum absolute atomic E-state index is 12.8. The van der Waals surface area contributed by atoms with Crippen LogP contribution in [0.2, 0.25) is 0 Å². The van der Waals surface area contributed by atoms with E-state index in [2.05, 4.69) is 20.9 Å². The van der Waals surface area contributed by atoms with Gasteiger partial charge in [-0.1, -0.05) is 0 Å². The lowest BCUT2D eigenvalue weighted by molar-refractivity contribution is 0.0926. The fourth-order valence-corrected chi connectivity index (χ4v) is 4.48. The summed E-state index contributed by atoms with van der Waals surface area (Å²) in [6.45, 7) is 3.05. The Kier molecular flexibility index (Phi) is 9.37. The molecule has 3 N–H and O–H groups in total. The highest BCUT2D eigenvalue weighted by Crippen LogP contribution is 2.25. The van der Waals surface area contributed by atoms with Gasteiger partial charge in [0, 0.05) is 62.0 Å². The van der Waals surface area contributed by atoms with E-state index in [0.717, 1.165) is 54.2 Å². The predicted molar refractivity (Wildman–Crippen MR) is 152 cm³/mol. The first-order valence-corrected chi connectivity index (χ1v) is 13.1. The molecule has 2 atom stereocenters. The maximum atomic E-state index is 12.8. The molecule has 202 valence electrons. The number of carbonyl (C=O) groups excluding carboxylic acids is 1. The number of amides is 1. The van der Waals surface area contributed by atoms with Crippen LogP contribution in [-0.4, -0.2) is 62.4 Å². The molecule has 1 aliphatic carbocycles. The van der Waals surface area contributed by atoms with Crippen LogP contribution >= 0.6 is 0 Å². The number of methoxy groups -OCH3 is 1. The minimum atomic E-state index is -0.0271. The first kappa shape index (κ1) is 27.2. The van der Waals surface area contributed by atoms with Crippen LogP contribution in [0.5, 0.6) is 5.75 Å². The SMILES string of the molecule is COCCOc1ccc(Nc2ncc(C)c(NC3CCCC(NC(=O)c4ccc(N(C)C)cc4)C3)n2)cc1. The average molecular weight is 519 g/mol. The summed E-state index contributed by atoms with van der Waals surface area (Å²) in [5, 5.41) is 10.1. The average Bonchev–Trinajstić information content (AvgIpc) is 2.92. The normalized spacial score (nSPS) is 16.9. The lowest BCUT2D eigenvalue weighted by Gasteiger charge is -2.31. The van der Waals surface area contributed by atoms with Gasteiger partial charge in [0.05, 0.1) is 6.61 Å². The van der Waals surface area contributed by atoms with Crippen molar-refractivity contribution in [3.05, 3.63) is 65.9 Å². The zero-order chi connectivity index (χ0) is 26.9. The third-order valence-electron chi connectivity index (χ3n) is 6.63. The first-order valence-electron chi connectivity index (χ1n) is 13.1. The highest BCUT2D eigenvalue weighted by molar-refractivity contribution is 5.94. The third-order valence-corrected chi connectivity index (χ3v) is 6.63. The van der Waals surface area contributed by atoms with Gasteiger partial charge >= 0.3 is 0 Å². The minimum absolute atomic E-state index is 0.0271. The number of aromatic nitrogens is 2. The van der Waals surface area contributed by atoms with E-state index in [-0.39, 0.29) is 18.0 Å². The third kappa shape index (κ3) is 7.58. The summed E-state index contributed by atoms with van der Waals surface area (Å²) in [5.41, 5.74) is 3.60. The van der Waals surface area contributed by atoms with Gasteiger partial charge in [0.25, 0.3) is 5.91 Å². The van der Waals surface area contributed by atoms with Crippen molar-refractivity contribution < 1.29 is 14.3 Å². The zero-order valence-electron chi connectivity index (χ0n) is 22.7. The summed E-state index contributed by atoms with van der Waals surface area (Å²) < 4.78 is 10.6. The fraction of sp³-hybridized carbons (Fsp3) is 0.414. The highest BCUT2D eigenvalue weighted by atomic mass is 16.5. The van der Waals surface area contributed by atoms with E-state index in [0.29, 0.717) is 24.7 Å². The smallest absolute Gasteiger partial charge is 0.251 e. The molecular weight excluding hydrogens is 480 g/mol. The van der Waals surface area contributed by atoms with Crippen LogP contribution in [0, 0.1) is 6.92 Å². The topological polar surface area (TPSA) is 101 Å². The molecule has 0 bridgehead atoms. The Morgan fingerprint density at radius 2 is 1.76 bits per heavy atom. The van der Waals surface area contributed by atoms with Crippen molar-refractivity contribution in [1.82, 2.24) is 15.3 Å². The fourth-order valence-electron chi connectivity index (χ4n) is 4.48. The molecule has 0 saturated heterocycles. The van der Waals surface area contributed by atoms with Crippen molar-refractivity contribution in [2.45, 2.75) is 44.7 Å². The molecule has 0 spiro atoms. The van der Waals surface area contributed by atoms with Gasteiger partial charge in [-0.05, 0) is 81.1 Å². The van der Waals surface area contributed by atoms with Gasteiger partial charge < -0.3 is 30.3 Å². The van der Waals surface area contributed by atoms with E-state index in [4.69, 9.17) is 14.5 Å². The molecule has 4 rings (SSSR count). The number of rotatable bonds is 11. The van der Waals surface area contributed by atoms with Crippen molar-refractivity contribution >= 4 is 29.0 Å². The molecule has 2 aromatic carbocycles. The number of nitrogens with one attached hydrogen (secondary N) is 3. The van der Waals surface area contributed by atoms with Gasteiger partial charge in [-0.3, -0.25) is 4.79 Å². The zero-order valence-corrected chi connectivity index (χ0v) is 22.7. The molecule has 0 radical (unpaired) electrons. The summed E-state index contributed by atoms with van der Waals surface area (Å²) in [5.74, 6) is 2.08. The van der Waals surface area contributed by atoms with Crippen molar-refractivity contribution in [2.24, 2.45) is 0 Å². The van der Waals surface area contributed by atoms with Gasteiger partial charge in [-0.2, -0.15) is 4.98 Å². The summed E-state index contributed by atoms with van der Waals surface area (Å²) >= 11 is 0. The van der Waals surface area contributed by atoms with Crippen molar-refractivity contribution in [2.75, 3.05) is 50.0 Å². The second kappa shape index (κ2) is 13.1. The van der Waals surface area contributed by atoms with E-state index in [9.17, 15) is 4.79 Å². The maximum Gasteiger partial charge on any atom is 0.251 e. The van der Waals surface area contributed by atoms with Crippen LogP contribution in [0.4, 0.5) is 23.1 Å². The highest BCUT2D eigenvalue weighted by Gasteiger charge is 2.24. The largest absolute Gasteiger partial charge is 0.491 e. The van der Waals surface area contributed by atoms with Gasteiger partial charge in [0.15, 0.2) is 0 Å². The molecule has 3 aromatic rings. The Balaban J connectivity index is 1.33. The van der Waals surface area contributed by atoms with E-state index in [1.165, 1.54) is 0 Å². The summed E-state index contributed by atoms with van der Waals surface area (Å²) in [6.07, 6.45) is 5.70. The molecule has 38 heavy (non-hydrogen) atoms. The Bertz CT molecular complexity index is 1180. The Labute approximate surface area is 225 Å². The molecular formula is C29H38N6O3. The summed E-state index contributed by atoms with van der Waals surface area (Å²) in [7, 11) is 5.63. The van der Waals surface area contributed by atoms with Crippen molar-refractivity contribution in [1.29, 1.82) is 0 Å². The van der Waals surface area contributed by atoms with E-state index in [1.807, 2.05) is 80.6 Å².